The average Bonchev–Trinajstić information content (AvgIpc) is 2.37. The molecule has 0 saturated heterocycles. The van der Waals surface area contributed by atoms with Gasteiger partial charge in [0.1, 0.15) is 0 Å². The van der Waals surface area contributed by atoms with E-state index in [1.54, 1.807) is 0 Å². The normalized spacial score (nSPS) is 24.9. The number of fused-ring (bicyclic) bond motifs is 1. The van der Waals surface area contributed by atoms with Crippen molar-refractivity contribution in [1.82, 2.24) is 0 Å². The summed E-state index contributed by atoms with van der Waals surface area (Å²) in [5, 5.41) is 2.35. The predicted molar refractivity (Wildman–Crippen MR) is 80.3 cm³/mol. The van der Waals surface area contributed by atoms with E-state index in [-0.39, 0.29) is 0 Å². The van der Waals surface area contributed by atoms with Gasteiger partial charge in [-0.3, -0.25) is 0 Å². The molecule has 0 N–H and O–H groups in total. The lowest BCUT2D eigenvalue weighted by atomic mass is 10.1. The van der Waals surface area contributed by atoms with E-state index in [1.807, 2.05) is 12.1 Å². The highest BCUT2D eigenvalue weighted by Gasteiger charge is 1.94. The maximum absolute atomic E-state index is 4.07. The van der Waals surface area contributed by atoms with Crippen LogP contribution in [0.5, 0.6) is 0 Å². The minimum atomic E-state index is 0.390. The third-order valence-corrected chi connectivity index (χ3v) is 2.91. The fourth-order valence-electron chi connectivity index (χ4n) is 1.88. The van der Waals surface area contributed by atoms with Crippen LogP contribution in [0, 0.1) is 5.92 Å². The molecule has 1 aliphatic carbocycles. The van der Waals surface area contributed by atoms with Gasteiger partial charge in [0.15, 0.2) is 0 Å². The standard InChI is InChI=1S/C18H18/c1-14-8-10-15(2)12-17-6-4-5-7-18(17)13-16(3)11-9-14/h4-14H,2-3H2,1H3/b10-8-,11-9-,17-12-,18-13?. The first kappa shape index (κ1) is 12.4. The van der Waals surface area contributed by atoms with Gasteiger partial charge < -0.3 is 0 Å². The number of hydrogen-bond donors (Lipinski definition) is 0. The molecule has 0 amide bonds. The third kappa shape index (κ3) is 3.21. The highest BCUT2D eigenvalue weighted by molar-refractivity contribution is 5.56. The fraction of sp³-hybridized carbons (Fsp3) is 0.111. The SMILES string of the molecule is C=C1C=c2cccc/c2=C/C(=C)/C=C\C(C)/C=C\1. The number of rotatable bonds is 0. The van der Waals surface area contributed by atoms with Gasteiger partial charge in [-0.25, -0.2) is 0 Å². The van der Waals surface area contributed by atoms with Crippen molar-refractivity contribution >= 4 is 12.2 Å². The summed E-state index contributed by atoms with van der Waals surface area (Å²) in [5.74, 6) is 0.390. The van der Waals surface area contributed by atoms with Crippen LogP contribution in [-0.2, 0) is 0 Å². The van der Waals surface area contributed by atoms with Crippen LogP contribution in [0.25, 0.3) is 12.2 Å². The van der Waals surface area contributed by atoms with E-state index in [0.717, 1.165) is 11.1 Å². The second kappa shape index (κ2) is 5.50. The molecule has 0 nitrogen and oxygen atoms in total. The van der Waals surface area contributed by atoms with Crippen molar-refractivity contribution in [2.24, 2.45) is 5.92 Å². The molecule has 0 saturated carbocycles. The monoisotopic (exact) mass is 234 g/mol. The zero-order valence-electron chi connectivity index (χ0n) is 10.8. The third-order valence-electron chi connectivity index (χ3n) is 2.91. The van der Waals surface area contributed by atoms with Crippen LogP contribution >= 0.6 is 0 Å². The van der Waals surface area contributed by atoms with Crippen molar-refractivity contribution in [2.45, 2.75) is 6.92 Å². The summed E-state index contributed by atoms with van der Waals surface area (Å²) < 4.78 is 0. The van der Waals surface area contributed by atoms with Crippen molar-refractivity contribution in [3.05, 3.63) is 83.3 Å². The summed E-state index contributed by atoms with van der Waals surface area (Å²) in [4.78, 5) is 0. The number of benzene rings is 1. The van der Waals surface area contributed by atoms with Crippen molar-refractivity contribution in [3.8, 4) is 0 Å². The van der Waals surface area contributed by atoms with Gasteiger partial charge in [0.25, 0.3) is 0 Å². The summed E-state index contributed by atoms with van der Waals surface area (Å²) in [5.41, 5.74) is 2.03. The Labute approximate surface area is 109 Å². The topological polar surface area (TPSA) is 0 Å². The summed E-state index contributed by atoms with van der Waals surface area (Å²) in [6, 6.07) is 8.29. The van der Waals surface area contributed by atoms with Crippen LogP contribution < -0.4 is 10.4 Å². The number of allylic oxidation sites excluding steroid dienone is 6. The van der Waals surface area contributed by atoms with E-state index in [2.05, 4.69) is 68.7 Å². The molecular formula is C18H18. The summed E-state index contributed by atoms with van der Waals surface area (Å²) in [7, 11) is 0. The molecule has 0 bridgehead atoms. The predicted octanol–water partition coefficient (Wildman–Crippen LogP) is 3.12. The Morgan fingerprint density at radius 2 is 1.28 bits per heavy atom. The van der Waals surface area contributed by atoms with Crippen LogP contribution in [-0.4, -0.2) is 0 Å². The molecule has 1 aliphatic rings. The quantitative estimate of drug-likeness (QED) is 0.647. The Morgan fingerprint density at radius 3 is 1.72 bits per heavy atom. The van der Waals surface area contributed by atoms with Crippen LogP contribution in [0.4, 0.5) is 0 Å². The van der Waals surface area contributed by atoms with E-state index in [9.17, 15) is 0 Å². The van der Waals surface area contributed by atoms with Crippen LogP contribution in [0.15, 0.2) is 72.9 Å². The maximum Gasteiger partial charge on any atom is -0.00752 e. The lowest BCUT2D eigenvalue weighted by Gasteiger charge is -1.97. The molecule has 1 unspecified atom stereocenters. The van der Waals surface area contributed by atoms with Gasteiger partial charge in [0, 0.05) is 0 Å². The van der Waals surface area contributed by atoms with Gasteiger partial charge in [0.2, 0.25) is 0 Å². The van der Waals surface area contributed by atoms with Crippen LogP contribution in [0.1, 0.15) is 6.92 Å². The molecule has 0 fully saturated rings. The molecule has 18 heavy (non-hydrogen) atoms. The highest BCUT2D eigenvalue weighted by Crippen LogP contribution is 2.06. The second-order valence-corrected chi connectivity index (χ2v) is 4.64. The zero-order chi connectivity index (χ0) is 13.0. The molecule has 0 heteroatoms. The van der Waals surface area contributed by atoms with E-state index in [4.69, 9.17) is 0 Å². The maximum atomic E-state index is 4.07. The second-order valence-electron chi connectivity index (χ2n) is 4.64. The smallest absolute Gasteiger partial charge is 0.00752 e. The van der Waals surface area contributed by atoms with E-state index in [0.29, 0.717) is 5.92 Å². The average molecular weight is 234 g/mol. The Hall–Kier alpha value is -2.08. The lowest BCUT2D eigenvalue weighted by molar-refractivity contribution is 0.939. The van der Waals surface area contributed by atoms with Gasteiger partial charge in [-0.1, -0.05) is 68.7 Å². The first-order chi connectivity index (χ1) is 8.65. The Balaban J connectivity index is 2.66. The summed E-state index contributed by atoms with van der Waals surface area (Å²) in [6.07, 6.45) is 12.6. The Morgan fingerprint density at radius 1 is 0.833 bits per heavy atom. The van der Waals surface area contributed by atoms with Crippen LogP contribution in [0.2, 0.25) is 0 Å². The lowest BCUT2D eigenvalue weighted by Crippen LogP contribution is -2.23. The molecule has 2 rings (SSSR count). The molecule has 0 heterocycles. The van der Waals surface area contributed by atoms with Crippen molar-refractivity contribution in [2.75, 3.05) is 0 Å². The Kier molecular flexibility index (Phi) is 3.78. The molecule has 0 spiro atoms. The van der Waals surface area contributed by atoms with E-state index >= 15 is 0 Å². The number of hydrogen-bond acceptors (Lipinski definition) is 0. The van der Waals surface area contributed by atoms with Gasteiger partial charge >= 0.3 is 0 Å². The van der Waals surface area contributed by atoms with Gasteiger partial charge in [-0.2, -0.15) is 0 Å². The van der Waals surface area contributed by atoms with Gasteiger partial charge in [-0.05, 0) is 39.7 Å². The van der Waals surface area contributed by atoms with Crippen molar-refractivity contribution in [3.63, 3.8) is 0 Å². The molecule has 0 aromatic heterocycles. The molecule has 0 radical (unpaired) electrons. The Bertz CT molecular complexity index is 582. The van der Waals surface area contributed by atoms with Gasteiger partial charge in [0.05, 0.1) is 0 Å². The molecular weight excluding hydrogens is 216 g/mol. The molecule has 90 valence electrons. The molecule has 0 aliphatic heterocycles. The minimum absolute atomic E-state index is 0.390. The first-order valence-corrected chi connectivity index (χ1v) is 6.18. The fourth-order valence-corrected chi connectivity index (χ4v) is 1.88. The molecule has 1 aromatic carbocycles. The highest BCUT2D eigenvalue weighted by atomic mass is 14.0. The van der Waals surface area contributed by atoms with Gasteiger partial charge in [-0.15, -0.1) is 0 Å². The molecule has 1 aromatic rings. The zero-order valence-corrected chi connectivity index (χ0v) is 10.8. The van der Waals surface area contributed by atoms with Crippen molar-refractivity contribution < 1.29 is 0 Å². The van der Waals surface area contributed by atoms with Crippen LogP contribution in [0.3, 0.4) is 0 Å². The van der Waals surface area contributed by atoms with Crippen molar-refractivity contribution in [1.29, 1.82) is 0 Å². The van der Waals surface area contributed by atoms with E-state index < -0.39 is 0 Å². The first-order valence-electron chi connectivity index (χ1n) is 6.18. The minimum Gasteiger partial charge on any atom is -0.0918 e. The summed E-state index contributed by atoms with van der Waals surface area (Å²) in [6.45, 7) is 10.3. The molecule has 1 atom stereocenters. The largest absolute Gasteiger partial charge is 0.0918 e. The van der Waals surface area contributed by atoms with E-state index in [1.165, 1.54) is 10.4 Å². The summed E-state index contributed by atoms with van der Waals surface area (Å²) >= 11 is 0.